The second-order valence-electron chi connectivity index (χ2n) is 3.08. The van der Waals surface area contributed by atoms with Gasteiger partial charge in [-0.1, -0.05) is 6.92 Å². The van der Waals surface area contributed by atoms with Crippen LogP contribution in [0.15, 0.2) is 4.99 Å². The Morgan fingerprint density at radius 2 is 2.27 bits per heavy atom. The summed E-state index contributed by atoms with van der Waals surface area (Å²) in [4.78, 5) is 6.71. The van der Waals surface area contributed by atoms with Crippen LogP contribution in [0, 0.1) is 0 Å². The standard InChI is InChI=1S/C9H18N2/c1-3-7-11-8-5-4-6-9(11)10-2/h3-8H2,1-2H3. The van der Waals surface area contributed by atoms with E-state index >= 15 is 0 Å². The van der Waals surface area contributed by atoms with E-state index < -0.39 is 0 Å². The van der Waals surface area contributed by atoms with Gasteiger partial charge in [0.1, 0.15) is 0 Å². The zero-order valence-electron chi connectivity index (χ0n) is 7.64. The normalized spacial score (nSPS) is 22.7. The Hall–Kier alpha value is -0.530. The summed E-state index contributed by atoms with van der Waals surface area (Å²) in [6.45, 7) is 4.63. The molecule has 11 heavy (non-hydrogen) atoms. The second kappa shape index (κ2) is 4.37. The quantitative estimate of drug-likeness (QED) is 0.593. The fourth-order valence-corrected chi connectivity index (χ4v) is 1.64. The predicted octanol–water partition coefficient (Wildman–Crippen LogP) is 1.91. The molecule has 0 spiro atoms. The molecule has 1 heterocycles. The Morgan fingerprint density at radius 3 is 2.91 bits per heavy atom. The van der Waals surface area contributed by atoms with Gasteiger partial charge in [0, 0.05) is 26.6 Å². The Balaban J connectivity index is 2.45. The van der Waals surface area contributed by atoms with Crippen LogP contribution in [-0.4, -0.2) is 30.9 Å². The lowest BCUT2D eigenvalue weighted by molar-refractivity contribution is 0.369. The number of hydrogen-bond donors (Lipinski definition) is 0. The van der Waals surface area contributed by atoms with Gasteiger partial charge < -0.3 is 4.90 Å². The first-order chi connectivity index (χ1) is 5.38. The van der Waals surface area contributed by atoms with Crippen molar-refractivity contribution in [3.8, 4) is 0 Å². The summed E-state index contributed by atoms with van der Waals surface area (Å²) in [5.74, 6) is 1.32. The highest BCUT2D eigenvalue weighted by atomic mass is 15.2. The van der Waals surface area contributed by atoms with Crippen molar-refractivity contribution >= 4 is 5.84 Å². The average Bonchev–Trinajstić information content (AvgIpc) is 2.06. The smallest absolute Gasteiger partial charge is 0.0985 e. The number of hydrogen-bond acceptors (Lipinski definition) is 1. The molecule has 1 saturated heterocycles. The summed E-state index contributed by atoms with van der Waals surface area (Å²) < 4.78 is 0. The van der Waals surface area contributed by atoms with Gasteiger partial charge in [-0.05, 0) is 19.3 Å². The molecule has 0 atom stereocenters. The first kappa shape index (κ1) is 8.57. The lowest BCUT2D eigenvalue weighted by Crippen LogP contribution is -2.35. The molecule has 0 amide bonds. The molecule has 0 saturated carbocycles. The minimum absolute atomic E-state index is 1.19. The third kappa shape index (κ3) is 2.21. The molecule has 1 aliphatic heterocycles. The van der Waals surface area contributed by atoms with Gasteiger partial charge in [-0.2, -0.15) is 0 Å². The first-order valence-corrected chi connectivity index (χ1v) is 4.59. The molecule has 0 N–H and O–H groups in total. The predicted molar refractivity (Wildman–Crippen MR) is 49.1 cm³/mol. The molecule has 0 radical (unpaired) electrons. The van der Waals surface area contributed by atoms with Crippen LogP contribution in [0.3, 0.4) is 0 Å². The zero-order valence-corrected chi connectivity index (χ0v) is 7.64. The summed E-state index contributed by atoms with van der Waals surface area (Å²) in [6, 6.07) is 0. The molecular formula is C9H18N2. The summed E-state index contributed by atoms with van der Waals surface area (Å²) in [7, 11) is 1.91. The van der Waals surface area contributed by atoms with E-state index in [0.29, 0.717) is 0 Å². The monoisotopic (exact) mass is 154 g/mol. The molecule has 2 nitrogen and oxygen atoms in total. The molecule has 0 aromatic carbocycles. The van der Waals surface area contributed by atoms with Crippen LogP contribution in [0.25, 0.3) is 0 Å². The third-order valence-corrected chi connectivity index (χ3v) is 2.20. The van der Waals surface area contributed by atoms with Crippen LogP contribution >= 0.6 is 0 Å². The summed E-state index contributed by atoms with van der Waals surface area (Å²) in [5, 5.41) is 0. The maximum atomic E-state index is 4.29. The van der Waals surface area contributed by atoms with Crippen molar-refractivity contribution in [3.63, 3.8) is 0 Å². The van der Waals surface area contributed by atoms with E-state index in [4.69, 9.17) is 0 Å². The number of amidine groups is 1. The van der Waals surface area contributed by atoms with Gasteiger partial charge >= 0.3 is 0 Å². The molecule has 64 valence electrons. The van der Waals surface area contributed by atoms with Crippen molar-refractivity contribution in [2.75, 3.05) is 20.1 Å². The minimum Gasteiger partial charge on any atom is -0.360 e. The SMILES string of the molecule is CCCN1CCCCC1=NC. The third-order valence-electron chi connectivity index (χ3n) is 2.20. The zero-order chi connectivity index (χ0) is 8.10. The van der Waals surface area contributed by atoms with Crippen molar-refractivity contribution in [3.05, 3.63) is 0 Å². The van der Waals surface area contributed by atoms with Crippen LogP contribution in [0.5, 0.6) is 0 Å². The largest absolute Gasteiger partial charge is 0.360 e. The molecule has 0 unspecified atom stereocenters. The summed E-state index contributed by atoms with van der Waals surface area (Å²) in [6.07, 6.45) is 5.10. The first-order valence-electron chi connectivity index (χ1n) is 4.59. The van der Waals surface area contributed by atoms with Crippen molar-refractivity contribution in [1.82, 2.24) is 4.90 Å². The van der Waals surface area contributed by atoms with Gasteiger partial charge in [-0.3, -0.25) is 4.99 Å². The minimum atomic E-state index is 1.19. The molecule has 1 fully saturated rings. The molecule has 0 bridgehead atoms. The van der Waals surface area contributed by atoms with Gasteiger partial charge in [0.2, 0.25) is 0 Å². The van der Waals surface area contributed by atoms with E-state index in [1.54, 1.807) is 0 Å². The van der Waals surface area contributed by atoms with Crippen molar-refractivity contribution in [1.29, 1.82) is 0 Å². The fraction of sp³-hybridized carbons (Fsp3) is 0.889. The van der Waals surface area contributed by atoms with E-state index in [1.165, 1.54) is 44.6 Å². The van der Waals surface area contributed by atoms with Crippen LogP contribution in [-0.2, 0) is 0 Å². The van der Waals surface area contributed by atoms with Crippen LogP contribution in [0.2, 0.25) is 0 Å². The Morgan fingerprint density at radius 1 is 1.45 bits per heavy atom. The number of aliphatic imine (C=N–C) groups is 1. The fourth-order valence-electron chi connectivity index (χ4n) is 1.64. The molecule has 0 aromatic rings. The molecular weight excluding hydrogens is 136 g/mol. The lowest BCUT2D eigenvalue weighted by Gasteiger charge is -2.29. The maximum absolute atomic E-state index is 4.29. The Kier molecular flexibility index (Phi) is 3.40. The number of likely N-dealkylation sites (tertiary alicyclic amines) is 1. The van der Waals surface area contributed by atoms with Gasteiger partial charge in [0.25, 0.3) is 0 Å². The Labute approximate surface area is 69.3 Å². The number of rotatable bonds is 2. The second-order valence-corrected chi connectivity index (χ2v) is 3.08. The van der Waals surface area contributed by atoms with Crippen LogP contribution < -0.4 is 0 Å². The highest BCUT2D eigenvalue weighted by molar-refractivity contribution is 5.82. The molecule has 0 aliphatic carbocycles. The highest BCUT2D eigenvalue weighted by Gasteiger charge is 2.13. The molecule has 2 heteroatoms. The van der Waals surface area contributed by atoms with Crippen molar-refractivity contribution < 1.29 is 0 Å². The van der Waals surface area contributed by atoms with Crippen LogP contribution in [0.1, 0.15) is 32.6 Å². The molecule has 1 rings (SSSR count). The Bertz CT molecular complexity index is 138. The van der Waals surface area contributed by atoms with Gasteiger partial charge in [-0.25, -0.2) is 0 Å². The number of piperidine rings is 1. The van der Waals surface area contributed by atoms with E-state index in [2.05, 4.69) is 16.8 Å². The summed E-state index contributed by atoms with van der Waals surface area (Å²) in [5.41, 5.74) is 0. The van der Waals surface area contributed by atoms with Crippen molar-refractivity contribution in [2.45, 2.75) is 32.6 Å². The van der Waals surface area contributed by atoms with Gasteiger partial charge in [0.05, 0.1) is 5.84 Å². The summed E-state index contributed by atoms with van der Waals surface area (Å²) >= 11 is 0. The molecule has 0 aromatic heterocycles. The van der Waals surface area contributed by atoms with E-state index in [9.17, 15) is 0 Å². The van der Waals surface area contributed by atoms with Crippen LogP contribution in [0.4, 0.5) is 0 Å². The lowest BCUT2D eigenvalue weighted by atomic mass is 10.1. The van der Waals surface area contributed by atoms with E-state index in [0.717, 1.165) is 0 Å². The van der Waals surface area contributed by atoms with Crippen molar-refractivity contribution in [2.24, 2.45) is 4.99 Å². The van der Waals surface area contributed by atoms with Gasteiger partial charge in [0.15, 0.2) is 0 Å². The molecule has 1 aliphatic rings. The topological polar surface area (TPSA) is 15.6 Å². The average molecular weight is 154 g/mol. The highest BCUT2D eigenvalue weighted by Crippen LogP contribution is 2.11. The van der Waals surface area contributed by atoms with Gasteiger partial charge in [-0.15, -0.1) is 0 Å². The maximum Gasteiger partial charge on any atom is 0.0985 e. The number of nitrogens with zero attached hydrogens (tertiary/aromatic N) is 2. The van der Waals surface area contributed by atoms with E-state index in [1.807, 2.05) is 7.05 Å². The van der Waals surface area contributed by atoms with E-state index in [-0.39, 0.29) is 0 Å².